The van der Waals surface area contributed by atoms with Crippen LogP contribution in [-0.2, 0) is 5.60 Å². The second kappa shape index (κ2) is 3.28. The van der Waals surface area contributed by atoms with Gasteiger partial charge in [-0.15, -0.1) is 0 Å². The molecule has 0 aliphatic carbocycles. The first-order valence-electron chi connectivity index (χ1n) is 4.33. The summed E-state index contributed by atoms with van der Waals surface area (Å²) in [6, 6.07) is 9.78. The molecule has 1 N–H and O–H groups in total. The highest BCUT2D eigenvalue weighted by molar-refractivity contribution is 5.21. The molecule has 0 aliphatic rings. The van der Waals surface area contributed by atoms with E-state index in [9.17, 15) is 5.11 Å². The molecule has 1 aromatic carbocycles. The Morgan fingerprint density at radius 2 is 1.67 bits per heavy atom. The number of aliphatic hydroxyl groups is 1. The molecule has 1 rings (SSSR count). The largest absolute Gasteiger partial charge is 0.385 e. The van der Waals surface area contributed by atoms with Crippen LogP contribution in [0.1, 0.15) is 26.3 Å². The van der Waals surface area contributed by atoms with Crippen LogP contribution >= 0.6 is 0 Å². The molecule has 0 heterocycles. The zero-order chi connectivity index (χ0) is 9.19. The van der Waals surface area contributed by atoms with Gasteiger partial charge in [0.2, 0.25) is 0 Å². The van der Waals surface area contributed by atoms with Crippen LogP contribution in [0.5, 0.6) is 0 Å². The first-order chi connectivity index (χ1) is 5.55. The topological polar surface area (TPSA) is 20.2 Å². The molecule has 0 aliphatic heterocycles. The van der Waals surface area contributed by atoms with Gasteiger partial charge in [-0.3, -0.25) is 0 Å². The highest BCUT2D eigenvalue weighted by Crippen LogP contribution is 2.28. The molecule has 1 atom stereocenters. The fraction of sp³-hybridized carbons (Fsp3) is 0.455. The molecule has 0 unspecified atom stereocenters. The summed E-state index contributed by atoms with van der Waals surface area (Å²) in [5.41, 5.74) is 0.279. The molecule has 66 valence electrons. The molecular weight excluding hydrogens is 148 g/mol. The van der Waals surface area contributed by atoms with Gasteiger partial charge < -0.3 is 5.11 Å². The van der Waals surface area contributed by atoms with Gasteiger partial charge in [-0.05, 0) is 18.4 Å². The summed E-state index contributed by atoms with van der Waals surface area (Å²) in [6.45, 7) is 5.90. The number of rotatable bonds is 2. The summed E-state index contributed by atoms with van der Waals surface area (Å²) in [5.74, 6) is 0.236. The Hall–Kier alpha value is -0.820. The first kappa shape index (κ1) is 9.27. The standard InChI is InChI=1S/C11H16O/c1-9(2)11(3,12)10-7-5-4-6-8-10/h4-9,12H,1-3H3/t11-/m1/s1. The van der Waals surface area contributed by atoms with E-state index in [2.05, 4.69) is 0 Å². The van der Waals surface area contributed by atoms with Gasteiger partial charge in [-0.25, -0.2) is 0 Å². The zero-order valence-corrected chi connectivity index (χ0v) is 7.91. The predicted octanol–water partition coefficient (Wildman–Crippen LogP) is 2.55. The number of hydrogen-bond acceptors (Lipinski definition) is 1. The van der Waals surface area contributed by atoms with Crippen LogP contribution in [0.3, 0.4) is 0 Å². The lowest BCUT2D eigenvalue weighted by atomic mass is 9.85. The minimum absolute atomic E-state index is 0.236. The summed E-state index contributed by atoms with van der Waals surface area (Å²) in [5, 5.41) is 10.1. The van der Waals surface area contributed by atoms with Crippen molar-refractivity contribution in [2.75, 3.05) is 0 Å². The molecule has 0 saturated heterocycles. The van der Waals surface area contributed by atoms with Gasteiger partial charge in [-0.2, -0.15) is 0 Å². The van der Waals surface area contributed by atoms with Crippen molar-refractivity contribution in [2.24, 2.45) is 5.92 Å². The van der Waals surface area contributed by atoms with E-state index in [4.69, 9.17) is 0 Å². The molecule has 0 fully saturated rings. The Morgan fingerprint density at radius 3 is 2.08 bits per heavy atom. The predicted molar refractivity (Wildman–Crippen MR) is 50.9 cm³/mol. The summed E-state index contributed by atoms with van der Waals surface area (Å²) < 4.78 is 0. The highest BCUT2D eigenvalue weighted by Gasteiger charge is 2.26. The number of hydrogen-bond donors (Lipinski definition) is 1. The van der Waals surface area contributed by atoms with Crippen molar-refractivity contribution < 1.29 is 5.11 Å². The molecular formula is C11H16O. The Bertz CT molecular complexity index is 236. The highest BCUT2D eigenvalue weighted by atomic mass is 16.3. The van der Waals surface area contributed by atoms with E-state index in [0.29, 0.717) is 0 Å². The Balaban J connectivity index is 2.98. The van der Waals surface area contributed by atoms with Crippen molar-refractivity contribution in [2.45, 2.75) is 26.4 Å². The van der Waals surface area contributed by atoms with Crippen molar-refractivity contribution >= 4 is 0 Å². The normalized spacial score (nSPS) is 16.1. The van der Waals surface area contributed by atoms with Crippen molar-refractivity contribution in [3.8, 4) is 0 Å². The molecule has 0 spiro atoms. The van der Waals surface area contributed by atoms with Gasteiger partial charge in [0.25, 0.3) is 0 Å². The first-order valence-corrected chi connectivity index (χ1v) is 4.33. The maximum absolute atomic E-state index is 10.1. The SMILES string of the molecule is CC(C)[C@@](C)(O)c1ccccc1. The molecule has 0 saturated carbocycles. The lowest BCUT2D eigenvalue weighted by molar-refractivity contribution is 0.00905. The van der Waals surface area contributed by atoms with Crippen LogP contribution in [0.15, 0.2) is 30.3 Å². The average Bonchev–Trinajstić information content (AvgIpc) is 2.06. The molecule has 0 amide bonds. The fourth-order valence-electron chi connectivity index (χ4n) is 1.11. The second-order valence-corrected chi connectivity index (χ2v) is 3.67. The quantitative estimate of drug-likeness (QED) is 0.712. The molecule has 1 aromatic rings. The van der Waals surface area contributed by atoms with Gasteiger partial charge in [0.15, 0.2) is 0 Å². The van der Waals surface area contributed by atoms with Gasteiger partial charge in [0, 0.05) is 0 Å². The van der Waals surface area contributed by atoms with Gasteiger partial charge in [0.05, 0.1) is 5.60 Å². The molecule has 0 bridgehead atoms. The Kier molecular flexibility index (Phi) is 2.53. The third-order valence-corrected chi connectivity index (χ3v) is 2.48. The van der Waals surface area contributed by atoms with Crippen LogP contribution < -0.4 is 0 Å². The van der Waals surface area contributed by atoms with E-state index in [-0.39, 0.29) is 5.92 Å². The van der Waals surface area contributed by atoms with Crippen molar-refractivity contribution in [1.82, 2.24) is 0 Å². The van der Waals surface area contributed by atoms with Gasteiger partial charge in [0.1, 0.15) is 0 Å². The minimum Gasteiger partial charge on any atom is -0.385 e. The molecule has 0 radical (unpaired) electrons. The maximum Gasteiger partial charge on any atom is 0.0891 e. The third kappa shape index (κ3) is 1.67. The Labute approximate surface area is 74.1 Å². The van der Waals surface area contributed by atoms with Crippen molar-refractivity contribution in [3.63, 3.8) is 0 Å². The van der Waals surface area contributed by atoms with E-state index < -0.39 is 5.60 Å². The third-order valence-electron chi connectivity index (χ3n) is 2.48. The second-order valence-electron chi connectivity index (χ2n) is 3.67. The van der Waals surface area contributed by atoms with Crippen LogP contribution in [0.4, 0.5) is 0 Å². The summed E-state index contributed by atoms with van der Waals surface area (Å²) in [6.07, 6.45) is 0. The monoisotopic (exact) mass is 164 g/mol. The van der Waals surface area contributed by atoms with E-state index in [1.165, 1.54) is 0 Å². The van der Waals surface area contributed by atoms with Crippen LogP contribution in [0.25, 0.3) is 0 Å². The average molecular weight is 164 g/mol. The van der Waals surface area contributed by atoms with Crippen LogP contribution in [0.2, 0.25) is 0 Å². The van der Waals surface area contributed by atoms with Gasteiger partial charge >= 0.3 is 0 Å². The summed E-state index contributed by atoms with van der Waals surface area (Å²) in [7, 11) is 0. The van der Waals surface area contributed by atoms with Crippen molar-refractivity contribution in [1.29, 1.82) is 0 Å². The molecule has 1 nitrogen and oxygen atoms in total. The Morgan fingerprint density at radius 1 is 1.17 bits per heavy atom. The summed E-state index contributed by atoms with van der Waals surface area (Å²) >= 11 is 0. The van der Waals surface area contributed by atoms with Crippen LogP contribution in [0, 0.1) is 5.92 Å². The van der Waals surface area contributed by atoms with Crippen LogP contribution in [-0.4, -0.2) is 5.11 Å². The maximum atomic E-state index is 10.1. The fourth-order valence-corrected chi connectivity index (χ4v) is 1.11. The molecule has 1 heteroatoms. The summed E-state index contributed by atoms with van der Waals surface area (Å²) in [4.78, 5) is 0. The smallest absolute Gasteiger partial charge is 0.0891 e. The lowest BCUT2D eigenvalue weighted by Crippen LogP contribution is -2.27. The molecule has 0 aromatic heterocycles. The zero-order valence-electron chi connectivity index (χ0n) is 7.91. The van der Waals surface area contributed by atoms with E-state index in [1.807, 2.05) is 51.1 Å². The lowest BCUT2D eigenvalue weighted by Gasteiger charge is -2.28. The molecule has 12 heavy (non-hydrogen) atoms. The minimum atomic E-state index is -0.707. The van der Waals surface area contributed by atoms with E-state index in [0.717, 1.165) is 5.56 Å². The van der Waals surface area contributed by atoms with Crippen molar-refractivity contribution in [3.05, 3.63) is 35.9 Å². The van der Waals surface area contributed by atoms with E-state index in [1.54, 1.807) is 0 Å². The van der Waals surface area contributed by atoms with E-state index >= 15 is 0 Å². The number of benzene rings is 1. The van der Waals surface area contributed by atoms with Gasteiger partial charge in [-0.1, -0.05) is 44.2 Å².